The van der Waals surface area contributed by atoms with Crippen molar-refractivity contribution in [2.75, 3.05) is 0 Å². The Labute approximate surface area is 251 Å². The van der Waals surface area contributed by atoms with Crippen molar-refractivity contribution in [1.29, 1.82) is 0 Å². The fourth-order valence-corrected chi connectivity index (χ4v) is 7.15. The van der Waals surface area contributed by atoms with Gasteiger partial charge in [-0.15, -0.1) is 11.3 Å². The lowest BCUT2D eigenvalue weighted by atomic mass is 10.1. The highest BCUT2D eigenvalue weighted by molar-refractivity contribution is 7.17. The Morgan fingerprint density at radius 3 is 1.79 bits per heavy atom. The third kappa shape index (κ3) is 3.67. The number of aromatic nitrogens is 5. The summed E-state index contributed by atoms with van der Waals surface area (Å²) in [4.78, 5) is 16.5. The van der Waals surface area contributed by atoms with Crippen molar-refractivity contribution in [2.24, 2.45) is 0 Å². The first-order chi connectivity index (χ1) is 21.3. The Morgan fingerprint density at radius 2 is 1.09 bits per heavy atom. The fourth-order valence-electron chi connectivity index (χ4n) is 6.21. The summed E-state index contributed by atoms with van der Waals surface area (Å²) < 4.78 is 4.61. The molecule has 202 valence electrons. The van der Waals surface area contributed by atoms with Gasteiger partial charge in [0.2, 0.25) is 5.95 Å². The summed E-state index contributed by atoms with van der Waals surface area (Å²) in [5.74, 6) is 1.89. The second-order valence-corrected chi connectivity index (χ2v) is 11.4. The second kappa shape index (κ2) is 9.48. The van der Waals surface area contributed by atoms with E-state index in [0.717, 1.165) is 38.8 Å². The minimum absolute atomic E-state index is 0.599. The van der Waals surface area contributed by atoms with E-state index in [0.29, 0.717) is 17.6 Å². The van der Waals surface area contributed by atoms with Gasteiger partial charge in [0.1, 0.15) is 4.83 Å². The van der Waals surface area contributed by atoms with Crippen LogP contribution in [0, 0.1) is 0 Å². The molecule has 9 rings (SSSR count). The van der Waals surface area contributed by atoms with Crippen LogP contribution in [-0.2, 0) is 0 Å². The molecular formula is C37H23N5S. The Hall–Kier alpha value is -5.59. The number of thiophene rings is 1. The molecule has 4 aromatic heterocycles. The zero-order valence-electron chi connectivity index (χ0n) is 22.9. The van der Waals surface area contributed by atoms with Crippen LogP contribution in [0.4, 0.5) is 0 Å². The summed E-state index contributed by atoms with van der Waals surface area (Å²) in [5.41, 5.74) is 6.36. The third-order valence-electron chi connectivity index (χ3n) is 8.07. The lowest BCUT2D eigenvalue weighted by Crippen LogP contribution is -2.06. The Morgan fingerprint density at radius 1 is 0.465 bits per heavy atom. The van der Waals surface area contributed by atoms with Gasteiger partial charge in [-0.3, -0.25) is 4.57 Å². The maximum Gasteiger partial charge on any atom is 0.238 e. The number of hydrogen-bond donors (Lipinski definition) is 0. The van der Waals surface area contributed by atoms with Gasteiger partial charge >= 0.3 is 0 Å². The zero-order valence-corrected chi connectivity index (χ0v) is 23.7. The smallest absolute Gasteiger partial charge is 0.238 e. The number of nitrogens with zero attached hydrogens (tertiary/aromatic N) is 5. The van der Waals surface area contributed by atoms with Gasteiger partial charge in [-0.05, 0) is 35.7 Å². The summed E-state index contributed by atoms with van der Waals surface area (Å²) in [5, 5.41) is 6.93. The van der Waals surface area contributed by atoms with Crippen molar-refractivity contribution in [3.8, 4) is 34.4 Å². The lowest BCUT2D eigenvalue weighted by Gasteiger charge is -2.11. The molecule has 5 nitrogen and oxygen atoms in total. The largest absolute Gasteiger partial charge is 0.301 e. The van der Waals surface area contributed by atoms with Crippen molar-refractivity contribution >= 4 is 54.3 Å². The molecule has 5 aromatic carbocycles. The van der Waals surface area contributed by atoms with Gasteiger partial charge in [0.05, 0.1) is 16.6 Å². The van der Waals surface area contributed by atoms with Gasteiger partial charge < -0.3 is 4.57 Å². The number of fused-ring (bicyclic) bond motifs is 7. The quantitative estimate of drug-likeness (QED) is 0.212. The molecule has 0 atom stereocenters. The van der Waals surface area contributed by atoms with Gasteiger partial charge in [-0.25, -0.2) is 4.98 Å². The molecule has 0 N–H and O–H groups in total. The number of benzene rings is 5. The van der Waals surface area contributed by atoms with Crippen molar-refractivity contribution in [3.63, 3.8) is 0 Å². The molecule has 0 bridgehead atoms. The van der Waals surface area contributed by atoms with Gasteiger partial charge in [-0.2, -0.15) is 9.97 Å². The molecule has 0 amide bonds. The van der Waals surface area contributed by atoms with E-state index in [9.17, 15) is 0 Å². The monoisotopic (exact) mass is 569 g/mol. The molecule has 0 radical (unpaired) electrons. The maximum absolute atomic E-state index is 5.15. The summed E-state index contributed by atoms with van der Waals surface area (Å²) >= 11 is 1.76. The van der Waals surface area contributed by atoms with E-state index in [1.165, 1.54) is 21.0 Å². The topological polar surface area (TPSA) is 48.5 Å². The van der Waals surface area contributed by atoms with Crippen LogP contribution in [0.1, 0.15) is 0 Å². The van der Waals surface area contributed by atoms with E-state index >= 15 is 0 Å². The molecule has 0 unspecified atom stereocenters. The van der Waals surface area contributed by atoms with Gasteiger partial charge in [0, 0.05) is 38.4 Å². The minimum Gasteiger partial charge on any atom is -0.301 e. The Bertz CT molecular complexity index is 2380. The van der Waals surface area contributed by atoms with Crippen LogP contribution in [-0.4, -0.2) is 24.1 Å². The minimum atomic E-state index is 0.599. The average Bonchev–Trinajstić information content (AvgIpc) is 3.77. The Balaban J connectivity index is 1.45. The molecule has 4 heterocycles. The second-order valence-electron chi connectivity index (χ2n) is 10.5. The van der Waals surface area contributed by atoms with E-state index in [4.69, 9.17) is 15.0 Å². The number of hydrogen-bond acceptors (Lipinski definition) is 4. The van der Waals surface area contributed by atoms with E-state index in [1.54, 1.807) is 11.3 Å². The summed E-state index contributed by atoms with van der Waals surface area (Å²) in [6, 6.07) is 46.2. The highest BCUT2D eigenvalue weighted by Crippen LogP contribution is 2.43. The first-order valence-corrected chi connectivity index (χ1v) is 15.1. The molecule has 0 aliphatic carbocycles. The molecule has 6 heteroatoms. The van der Waals surface area contributed by atoms with Crippen LogP contribution < -0.4 is 0 Å². The van der Waals surface area contributed by atoms with Crippen molar-refractivity contribution in [1.82, 2.24) is 24.1 Å². The number of rotatable bonds is 4. The number of para-hydroxylation sites is 2. The van der Waals surface area contributed by atoms with Crippen LogP contribution >= 0.6 is 11.3 Å². The van der Waals surface area contributed by atoms with Crippen LogP contribution in [0.3, 0.4) is 0 Å². The summed E-state index contributed by atoms with van der Waals surface area (Å²) in [6.45, 7) is 0. The molecule has 0 spiro atoms. The van der Waals surface area contributed by atoms with E-state index in [1.807, 2.05) is 60.7 Å². The Kier molecular flexibility index (Phi) is 5.30. The predicted octanol–water partition coefficient (Wildman–Crippen LogP) is 9.46. The molecule has 0 aliphatic rings. The van der Waals surface area contributed by atoms with Gasteiger partial charge in [0.15, 0.2) is 11.6 Å². The maximum atomic E-state index is 5.15. The molecule has 0 fully saturated rings. The predicted molar refractivity (Wildman–Crippen MR) is 177 cm³/mol. The first-order valence-electron chi connectivity index (χ1n) is 14.2. The van der Waals surface area contributed by atoms with Crippen molar-refractivity contribution < 1.29 is 0 Å². The molecular weight excluding hydrogens is 547 g/mol. The van der Waals surface area contributed by atoms with Crippen LogP contribution in [0.25, 0.3) is 77.3 Å². The van der Waals surface area contributed by atoms with Crippen molar-refractivity contribution in [2.45, 2.75) is 0 Å². The molecule has 9 aromatic rings. The highest BCUT2D eigenvalue weighted by atomic mass is 32.1. The fraction of sp³-hybridized carbons (Fsp3) is 0. The van der Waals surface area contributed by atoms with Gasteiger partial charge in [0.25, 0.3) is 0 Å². The third-order valence-corrected chi connectivity index (χ3v) is 8.97. The van der Waals surface area contributed by atoms with E-state index in [2.05, 4.69) is 87.3 Å². The zero-order chi connectivity index (χ0) is 28.3. The summed E-state index contributed by atoms with van der Waals surface area (Å²) in [7, 11) is 0. The van der Waals surface area contributed by atoms with Crippen LogP contribution in [0.2, 0.25) is 0 Å². The van der Waals surface area contributed by atoms with Crippen LogP contribution in [0.5, 0.6) is 0 Å². The standard InChI is InChI=1S/C37H23N5S/c1-4-12-24(13-5-1)34-38-35(25-14-6-2-7-15-25)40-37(39-34)42-30-19-11-10-18-27(30)28-20-21-31-32(33(28)42)29-22-23-43-36(29)41(31)26-16-8-3-9-17-26/h1-23H. The molecule has 43 heavy (non-hydrogen) atoms. The molecule has 0 saturated heterocycles. The molecule has 0 saturated carbocycles. The van der Waals surface area contributed by atoms with Crippen molar-refractivity contribution in [3.05, 3.63) is 139 Å². The lowest BCUT2D eigenvalue weighted by molar-refractivity contribution is 0.955. The first kappa shape index (κ1) is 24.1. The van der Waals surface area contributed by atoms with E-state index < -0.39 is 0 Å². The van der Waals surface area contributed by atoms with Crippen LogP contribution in [0.15, 0.2) is 139 Å². The average molecular weight is 570 g/mol. The molecule has 0 aliphatic heterocycles. The van der Waals surface area contributed by atoms with E-state index in [-0.39, 0.29) is 0 Å². The van der Waals surface area contributed by atoms with Gasteiger partial charge in [-0.1, -0.05) is 103 Å². The summed E-state index contributed by atoms with van der Waals surface area (Å²) in [6.07, 6.45) is 0. The normalized spacial score (nSPS) is 11.7. The highest BCUT2D eigenvalue weighted by Gasteiger charge is 2.23. The SMILES string of the molecule is c1ccc(-c2nc(-c3ccccc3)nc(-n3c4ccccc4c4ccc5c(c6ccsc6n5-c5ccccc5)c43)n2)cc1.